The van der Waals surface area contributed by atoms with Gasteiger partial charge in [-0.25, -0.2) is 4.39 Å². The van der Waals surface area contributed by atoms with Gasteiger partial charge in [0.1, 0.15) is 5.82 Å². The van der Waals surface area contributed by atoms with Crippen molar-refractivity contribution in [2.24, 2.45) is 5.92 Å². The van der Waals surface area contributed by atoms with Crippen LogP contribution in [0.15, 0.2) is 24.3 Å². The van der Waals surface area contributed by atoms with E-state index in [4.69, 9.17) is 5.11 Å². The second-order valence-electron chi connectivity index (χ2n) is 5.99. The van der Waals surface area contributed by atoms with E-state index in [0.29, 0.717) is 17.9 Å². The zero-order valence-corrected chi connectivity index (χ0v) is 12.3. The number of rotatable bonds is 8. The Morgan fingerprint density at radius 1 is 1.25 bits per heavy atom. The Balaban J connectivity index is 1.69. The van der Waals surface area contributed by atoms with Crippen molar-refractivity contribution < 1.29 is 9.50 Å². The van der Waals surface area contributed by atoms with Crippen LogP contribution in [0.3, 0.4) is 0 Å². The highest BCUT2D eigenvalue weighted by Gasteiger charge is 2.30. The van der Waals surface area contributed by atoms with Crippen LogP contribution in [0.2, 0.25) is 0 Å². The fraction of sp³-hybridized carbons (Fsp3) is 0.647. The van der Waals surface area contributed by atoms with E-state index < -0.39 is 0 Å². The molecule has 1 aliphatic carbocycles. The number of hydrogen-bond acceptors (Lipinski definition) is 2. The monoisotopic (exact) mass is 279 g/mol. The molecular formula is C17H26FNO. The summed E-state index contributed by atoms with van der Waals surface area (Å²) in [5, 5.41) is 12.7. The molecule has 1 aromatic rings. The Bertz CT molecular complexity index is 380. The average Bonchev–Trinajstić information content (AvgIpc) is 2.39. The number of benzene rings is 1. The quantitative estimate of drug-likeness (QED) is 0.764. The molecule has 0 aromatic heterocycles. The molecule has 2 nitrogen and oxygen atoms in total. The molecule has 1 unspecified atom stereocenters. The molecule has 1 atom stereocenters. The Morgan fingerprint density at radius 2 is 1.95 bits per heavy atom. The van der Waals surface area contributed by atoms with E-state index >= 15 is 0 Å². The topological polar surface area (TPSA) is 32.3 Å². The van der Waals surface area contributed by atoms with E-state index in [-0.39, 0.29) is 12.4 Å². The third-order valence-corrected chi connectivity index (χ3v) is 4.41. The molecule has 3 heteroatoms. The standard InChI is InChI=1S/C17H26FNO/c1-2-3-13(8-9-20)12-19-17-10-15(11-17)14-4-6-16(18)7-5-14/h4-7,13,15,17,19-20H,2-3,8-12H2,1H3. The number of aliphatic hydroxyl groups excluding tert-OH is 1. The van der Waals surface area contributed by atoms with Crippen molar-refractivity contribution in [3.05, 3.63) is 35.6 Å². The lowest BCUT2D eigenvalue weighted by molar-refractivity contribution is 0.228. The Kier molecular flexibility index (Phi) is 5.99. The van der Waals surface area contributed by atoms with Crippen LogP contribution in [0.1, 0.15) is 50.5 Å². The third-order valence-electron chi connectivity index (χ3n) is 4.41. The highest BCUT2D eigenvalue weighted by atomic mass is 19.1. The van der Waals surface area contributed by atoms with Crippen molar-refractivity contribution >= 4 is 0 Å². The minimum atomic E-state index is -0.158. The zero-order valence-electron chi connectivity index (χ0n) is 12.3. The van der Waals surface area contributed by atoms with Crippen LogP contribution in [0.25, 0.3) is 0 Å². The highest BCUT2D eigenvalue weighted by molar-refractivity contribution is 5.23. The van der Waals surface area contributed by atoms with E-state index in [1.54, 1.807) is 12.1 Å². The summed E-state index contributed by atoms with van der Waals surface area (Å²) in [4.78, 5) is 0. The van der Waals surface area contributed by atoms with Crippen LogP contribution in [0.5, 0.6) is 0 Å². The van der Waals surface area contributed by atoms with Gasteiger partial charge in [-0.3, -0.25) is 0 Å². The number of hydrogen-bond donors (Lipinski definition) is 2. The minimum Gasteiger partial charge on any atom is -0.396 e. The SMILES string of the molecule is CCCC(CCO)CNC1CC(c2ccc(F)cc2)C1. The molecule has 1 saturated carbocycles. The van der Waals surface area contributed by atoms with Crippen molar-refractivity contribution in [2.75, 3.05) is 13.2 Å². The number of halogens is 1. The highest BCUT2D eigenvalue weighted by Crippen LogP contribution is 2.36. The third kappa shape index (κ3) is 4.29. The lowest BCUT2D eigenvalue weighted by atomic mass is 9.75. The molecule has 0 radical (unpaired) electrons. The maximum Gasteiger partial charge on any atom is 0.123 e. The molecular weight excluding hydrogens is 253 g/mol. The molecule has 112 valence electrons. The molecule has 20 heavy (non-hydrogen) atoms. The lowest BCUT2D eigenvalue weighted by Crippen LogP contribution is -2.42. The van der Waals surface area contributed by atoms with E-state index in [1.807, 2.05) is 12.1 Å². The molecule has 1 aromatic carbocycles. The first-order chi connectivity index (χ1) is 9.72. The van der Waals surface area contributed by atoms with Crippen molar-refractivity contribution in [1.82, 2.24) is 5.32 Å². The molecule has 2 N–H and O–H groups in total. The van der Waals surface area contributed by atoms with Crippen LogP contribution < -0.4 is 5.32 Å². The maximum absolute atomic E-state index is 12.9. The van der Waals surface area contributed by atoms with Crippen molar-refractivity contribution in [1.29, 1.82) is 0 Å². The molecule has 0 amide bonds. The van der Waals surface area contributed by atoms with Crippen LogP contribution in [0, 0.1) is 11.7 Å². The molecule has 0 spiro atoms. The number of nitrogens with one attached hydrogen (secondary N) is 1. The normalized spacial score (nSPS) is 23.4. The first-order valence-electron chi connectivity index (χ1n) is 7.82. The predicted molar refractivity (Wildman–Crippen MR) is 80.3 cm³/mol. The van der Waals surface area contributed by atoms with E-state index in [2.05, 4.69) is 12.2 Å². The van der Waals surface area contributed by atoms with Crippen LogP contribution in [0.4, 0.5) is 4.39 Å². The molecule has 2 rings (SSSR count). The summed E-state index contributed by atoms with van der Waals surface area (Å²) in [6.07, 6.45) is 5.54. The van der Waals surface area contributed by atoms with Gasteiger partial charge < -0.3 is 10.4 Å². The fourth-order valence-corrected chi connectivity index (χ4v) is 3.06. The van der Waals surface area contributed by atoms with Gasteiger partial charge in [0.05, 0.1) is 0 Å². The van der Waals surface area contributed by atoms with Crippen LogP contribution in [-0.4, -0.2) is 24.3 Å². The number of aliphatic hydroxyl groups is 1. The molecule has 0 bridgehead atoms. The second-order valence-corrected chi connectivity index (χ2v) is 5.99. The van der Waals surface area contributed by atoms with Crippen molar-refractivity contribution in [2.45, 2.75) is 51.0 Å². The van der Waals surface area contributed by atoms with Gasteiger partial charge in [0.2, 0.25) is 0 Å². The van der Waals surface area contributed by atoms with E-state index in [9.17, 15) is 4.39 Å². The van der Waals surface area contributed by atoms with Crippen LogP contribution >= 0.6 is 0 Å². The largest absolute Gasteiger partial charge is 0.396 e. The fourth-order valence-electron chi connectivity index (χ4n) is 3.06. The lowest BCUT2D eigenvalue weighted by Gasteiger charge is -2.37. The Hall–Kier alpha value is -0.930. The molecule has 1 aliphatic rings. The predicted octanol–water partition coefficient (Wildman–Crippen LogP) is 3.46. The smallest absolute Gasteiger partial charge is 0.123 e. The summed E-state index contributed by atoms with van der Waals surface area (Å²) in [6, 6.07) is 7.50. The summed E-state index contributed by atoms with van der Waals surface area (Å²) in [5.74, 6) is 1.01. The van der Waals surface area contributed by atoms with Crippen molar-refractivity contribution in [3.63, 3.8) is 0 Å². The summed E-state index contributed by atoms with van der Waals surface area (Å²) >= 11 is 0. The first kappa shape index (κ1) is 15.5. The van der Waals surface area contributed by atoms with Gasteiger partial charge in [0.25, 0.3) is 0 Å². The van der Waals surface area contributed by atoms with Crippen LogP contribution in [-0.2, 0) is 0 Å². The summed E-state index contributed by atoms with van der Waals surface area (Å²) < 4.78 is 12.9. The molecule has 0 heterocycles. The summed E-state index contributed by atoms with van der Waals surface area (Å²) in [6.45, 7) is 3.49. The molecule has 1 fully saturated rings. The van der Waals surface area contributed by atoms with Gasteiger partial charge in [0.15, 0.2) is 0 Å². The van der Waals surface area contributed by atoms with Gasteiger partial charge in [-0.15, -0.1) is 0 Å². The van der Waals surface area contributed by atoms with Gasteiger partial charge in [-0.1, -0.05) is 25.5 Å². The summed E-state index contributed by atoms with van der Waals surface area (Å²) in [7, 11) is 0. The average molecular weight is 279 g/mol. The van der Waals surface area contributed by atoms with E-state index in [0.717, 1.165) is 25.8 Å². The summed E-state index contributed by atoms with van der Waals surface area (Å²) in [5.41, 5.74) is 1.25. The second kappa shape index (κ2) is 7.75. The molecule has 0 aliphatic heterocycles. The van der Waals surface area contributed by atoms with Gasteiger partial charge in [-0.05, 0) is 61.8 Å². The minimum absolute atomic E-state index is 0.158. The van der Waals surface area contributed by atoms with E-state index in [1.165, 1.54) is 18.4 Å². The zero-order chi connectivity index (χ0) is 14.4. The maximum atomic E-state index is 12.9. The van der Waals surface area contributed by atoms with Crippen molar-refractivity contribution in [3.8, 4) is 0 Å². The van der Waals surface area contributed by atoms with Gasteiger partial charge in [-0.2, -0.15) is 0 Å². The molecule has 0 saturated heterocycles. The Morgan fingerprint density at radius 3 is 2.55 bits per heavy atom. The first-order valence-corrected chi connectivity index (χ1v) is 7.82. The van der Waals surface area contributed by atoms with Gasteiger partial charge >= 0.3 is 0 Å². The van der Waals surface area contributed by atoms with Gasteiger partial charge in [0, 0.05) is 12.6 Å². The Labute approximate surface area is 121 Å².